The number of hydrogen-bond acceptors (Lipinski definition) is 0. The average Bonchev–Trinajstić information content (AvgIpc) is 2.92. The van der Waals surface area contributed by atoms with Crippen LogP contribution in [0.4, 0.5) is 0 Å². The van der Waals surface area contributed by atoms with Gasteiger partial charge in [-0.05, 0) is 12.8 Å². The Morgan fingerprint density at radius 3 is 1.71 bits per heavy atom. The first kappa shape index (κ1) is 16.1. The zero-order valence-electron chi connectivity index (χ0n) is 11.0. The number of quaternary nitrogens is 1. The smallest absolute Gasteiger partial charge is 0.0783 e. The van der Waals surface area contributed by atoms with Crippen molar-refractivity contribution < 1.29 is 4.48 Å². The molecule has 1 aliphatic rings. The zero-order valence-corrected chi connectivity index (χ0v) is 11.0. The molecule has 1 fully saturated rings. The third kappa shape index (κ3) is 29.8. The van der Waals surface area contributed by atoms with Gasteiger partial charge < -0.3 is 4.48 Å². The highest BCUT2D eigenvalue weighted by molar-refractivity contribution is 4.64. The van der Waals surface area contributed by atoms with Gasteiger partial charge in [-0.2, -0.15) is 0 Å². The standard InChI is InChI=1S/C8H18N.C3H6.C2H6/c1-5-6-7-8-9(2,3)4;1-2-3-1;1-2/h5H,1,6-8H2,2-4H3;1-3H2;1-2H3/q+1;;. The van der Waals surface area contributed by atoms with Gasteiger partial charge in [-0.3, -0.25) is 0 Å². The Morgan fingerprint density at radius 2 is 1.50 bits per heavy atom. The highest BCUT2D eigenvalue weighted by Gasteiger charge is 2.03. The third-order valence-corrected chi connectivity index (χ3v) is 1.59. The second-order valence-corrected chi connectivity index (χ2v) is 4.51. The van der Waals surface area contributed by atoms with Crippen LogP contribution in [0, 0.1) is 0 Å². The van der Waals surface area contributed by atoms with E-state index in [2.05, 4.69) is 27.7 Å². The molecule has 1 rings (SSSR count). The number of allylic oxidation sites excluding steroid dienone is 1. The van der Waals surface area contributed by atoms with Gasteiger partial charge in [0.15, 0.2) is 0 Å². The number of unbranched alkanes of at least 4 members (excludes halogenated alkanes) is 1. The molecule has 0 aromatic heterocycles. The van der Waals surface area contributed by atoms with E-state index < -0.39 is 0 Å². The maximum atomic E-state index is 3.67. The summed E-state index contributed by atoms with van der Waals surface area (Å²) >= 11 is 0. The molecule has 0 aliphatic heterocycles. The molecule has 0 N–H and O–H groups in total. The molecule has 0 spiro atoms. The van der Waals surface area contributed by atoms with Crippen LogP contribution < -0.4 is 0 Å². The van der Waals surface area contributed by atoms with E-state index >= 15 is 0 Å². The van der Waals surface area contributed by atoms with Crippen LogP contribution in [0.15, 0.2) is 12.7 Å². The van der Waals surface area contributed by atoms with E-state index in [1.165, 1.54) is 32.2 Å². The van der Waals surface area contributed by atoms with Gasteiger partial charge in [-0.15, -0.1) is 6.58 Å². The van der Waals surface area contributed by atoms with E-state index in [-0.39, 0.29) is 0 Å². The van der Waals surface area contributed by atoms with Gasteiger partial charge in [-0.25, -0.2) is 0 Å². The minimum Gasteiger partial charge on any atom is -0.331 e. The summed E-state index contributed by atoms with van der Waals surface area (Å²) in [5, 5.41) is 0. The SMILES string of the molecule is C1CC1.C=CCCC[N+](C)(C)C.CC. The van der Waals surface area contributed by atoms with Gasteiger partial charge in [0, 0.05) is 0 Å². The van der Waals surface area contributed by atoms with Gasteiger partial charge in [0.2, 0.25) is 0 Å². The molecule has 0 bridgehead atoms. The second-order valence-electron chi connectivity index (χ2n) is 4.51. The van der Waals surface area contributed by atoms with E-state index in [0.29, 0.717) is 0 Å². The predicted octanol–water partition coefficient (Wildman–Crippen LogP) is 3.86. The molecular formula is C13H30N+. The van der Waals surface area contributed by atoms with Gasteiger partial charge in [-0.1, -0.05) is 39.2 Å². The lowest BCUT2D eigenvalue weighted by Crippen LogP contribution is -2.35. The molecule has 0 aromatic rings. The van der Waals surface area contributed by atoms with Crippen molar-refractivity contribution in [3.05, 3.63) is 12.7 Å². The quantitative estimate of drug-likeness (QED) is 0.367. The minimum atomic E-state index is 1.06. The lowest BCUT2D eigenvalue weighted by Gasteiger charge is -2.23. The lowest BCUT2D eigenvalue weighted by atomic mass is 10.3. The summed E-state index contributed by atoms with van der Waals surface area (Å²) in [5.41, 5.74) is 0. The van der Waals surface area contributed by atoms with Gasteiger partial charge in [0.25, 0.3) is 0 Å². The molecule has 86 valence electrons. The van der Waals surface area contributed by atoms with Crippen molar-refractivity contribution in [3.8, 4) is 0 Å². The van der Waals surface area contributed by atoms with E-state index in [4.69, 9.17) is 0 Å². The van der Waals surface area contributed by atoms with Crippen LogP contribution in [-0.4, -0.2) is 32.2 Å². The van der Waals surface area contributed by atoms with Crippen LogP contribution in [0.5, 0.6) is 0 Å². The molecule has 0 atom stereocenters. The fraction of sp³-hybridized carbons (Fsp3) is 0.846. The van der Waals surface area contributed by atoms with Gasteiger partial charge in [0.1, 0.15) is 0 Å². The number of rotatable bonds is 4. The largest absolute Gasteiger partial charge is 0.331 e. The van der Waals surface area contributed by atoms with Crippen LogP contribution in [0.25, 0.3) is 0 Å². The summed E-state index contributed by atoms with van der Waals surface area (Å²) in [6, 6.07) is 0. The topological polar surface area (TPSA) is 0 Å². The highest BCUT2D eigenvalue weighted by Crippen LogP contribution is 2.14. The van der Waals surface area contributed by atoms with E-state index in [1.807, 2.05) is 19.9 Å². The summed E-state index contributed by atoms with van der Waals surface area (Å²) < 4.78 is 1.06. The Morgan fingerprint density at radius 1 is 1.07 bits per heavy atom. The summed E-state index contributed by atoms with van der Waals surface area (Å²) in [4.78, 5) is 0. The van der Waals surface area contributed by atoms with Crippen molar-refractivity contribution in [3.63, 3.8) is 0 Å². The molecule has 1 heteroatoms. The molecular weight excluding hydrogens is 170 g/mol. The average molecular weight is 200 g/mol. The number of hydrogen-bond donors (Lipinski definition) is 0. The van der Waals surface area contributed by atoms with Crippen LogP contribution in [0.2, 0.25) is 0 Å². The Labute approximate surface area is 91.4 Å². The van der Waals surface area contributed by atoms with Crippen LogP contribution in [0.3, 0.4) is 0 Å². The Hall–Kier alpha value is -0.300. The molecule has 0 heterocycles. The highest BCUT2D eigenvalue weighted by atomic mass is 15.3. The third-order valence-electron chi connectivity index (χ3n) is 1.59. The first-order valence-electron chi connectivity index (χ1n) is 5.97. The first-order chi connectivity index (χ1) is 6.56. The fourth-order valence-electron chi connectivity index (χ4n) is 0.710. The van der Waals surface area contributed by atoms with Crippen molar-refractivity contribution in [1.29, 1.82) is 0 Å². The van der Waals surface area contributed by atoms with E-state index in [1.54, 1.807) is 0 Å². The van der Waals surface area contributed by atoms with E-state index in [9.17, 15) is 0 Å². The minimum absolute atomic E-state index is 1.06. The molecule has 0 radical (unpaired) electrons. The van der Waals surface area contributed by atoms with Crippen molar-refractivity contribution in [1.82, 2.24) is 0 Å². The molecule has 1 saturated carbocycles. The lowest BCUT2D eigenvalue weighted by molar-refractivity contribution is -0.870. The maximum Gasteiger partial charge on any atom is 0.0783 e. The molecule has 14 heavy (non-hydrogen) atoms. The van der Waals surface area contributed by atoms with Crippen molar-refractivity contribution in [2.75, 3.05) is 27.7 Å². The normalized spacial score (nSPS) is 12.9. The van der Waals surface area contributed by atoms with Crippen LogP contribution in [-0.2, 0) is 0 Å². The van der Waals surface area contributed by atoms with Crippen LogP contribution in [0.1, 0.15) is 46.0 Å². The molecule has 1 aliphatic carbocycles. The Balaban J connectivity index is 0. The second kappa shape index (κ2) is 10.8. The van der Waals surface area contributed by atoms with Crippen molar-refractivity contribution in [2.24, 2.45) is 0 Å². The predicted molar refractivity (Wildman–Crippen MR) is 67.5 cm³/mol. The van der Waals surface area contributed by atoms with Gasteiger partial charge in [0.05, 0.1) is 27.7 Å². The van der Waals surface area contributed by atoms with Crippen molar-refractivity contribution in [2.45, 2.75) is 46.0 Å². The summed E-state index contributed by atoms with van der Waals surface area (Å²) in [6.07, 6.45) is 8.89. The van der Waals surface area contributed by atoms with Crippen molar-refractivity contribution >= 4 is 0 Å². The summed E-state index contributed by atoms with van der Waals surface area (Å²) in [5.74, 6) is 0. The zero-order chi connectivity index (χ0) is 11.4. The Kier molecular flexibility index (Phi) is 12.4. The monoisotopic (exact) mass is 200 g/mol. The fourth-order valence-corrected chi connectivity index (χ4v) is 0.710. The molecule has 0 saturated heterocycles. The molecule has 0 unspecified atom stereocenters. The van der Waals surface area contributed by atoms with E-state index in [0.717, 1.165) is 10.9 Å². The molecule has 1 nitrogen and oxygen atoms in total. The Bertz CT molecular complexity index is 106. The summed E-state index contributed by atoms with van der Waals surface area (Å²) in [7, 11) is 6.63. The van der Waals surface area contributed by atoms with Gasteiger partial charge >= 0.3 is 0 Å². The molecule has 0 aromatic carbocycles. The van der Waals surface area contributed by atoms with Crippen LogP contribution >= 0.6 is 0 Å². The molecule has 0 amide bonds. The maximum absolute atomic E-state index is 3.67. The number of nitrogens with zero attached hydrogens (tertiary/aromatic N) is 1. The summed E-state index contributed by atoms with van der Waals surface area (Å²) in [6.45, 7) is 8.92. The first-order valence-corrected chi connectivity index (χ1v) is 5.97.